The zero-order chi connectivity index (χ0) is 22.0. The van der Waals surface area contributed by atoms with Crippen LogP contribution in [0.1, 0.15) is 0 Å². The first-order valence-corrected chi connectivity index (χ1v) is 12.0. The molecule has 0 amide bonds. The van der Waals surface area contributed by atoms with Gasteiger partial charge in [0, 0.05) is 0 Å². The van der Waals surface area contributed by atoms with Crippen molar-refractivity contribution < 1.29 is 5.11 Å². The maximum absolute atomic E-state index is 9.49. The average molecular weight is 433 g/mol. The third kappa shape index (κ3) is 5.72. The summed E-state index contributed by atoms with van der Waals surface area (Å²) in [7, 11) is -0.569. The first-order chi connectivity index (χ1) is 15.8. The second kappa shape index (κ2) is 11.1. The summed E-state index contributed by atoms with van der Waals surface area (Å²) >= 11 is 0. The zero-order valence-electron chi connectivity index (χ0n) is 17.8. The van der Waals surface area contributed by atoms with Gasteiger partial charge in [0.1, 0.15) is 5.75 Å². The summed E-state index contributed by atoms with van der Waals surface area (Å²) in [5, 5.41) is 13.4. The molecule has 0 unspecified atom stereocenters. The van der Waals surface area contributed by atoms with Crippen LogP contribution in [0.25, 0.3) is 11.1 Å². The Morgan fingerprint density at radius 1 is 0.344 bits per heavy atom. The number of aromatic hydroxyl groups is 1. The van der Waals surface area contributed by atoms with E-state index in [4.69, 9.17) is 0 Å². The fraction of sp³-hybridized carbons (Fsp3) is 0. The van der Waals surface area contributed by atoms with Crippen molar-refractivity contribution in [3.63, 3.8) is 0 Å². The van der Waals surface area contributed by atoms with Gasteiger partial charge in [0.05, 0.1) is 0 Å². The van der Waals surface area contributed by atoms with Crippen LogP contribution in [-0.2, 0) is 0 Å². The van der Waals surface area contributed by atoms with Crippen molar-refractivity contribution in [2.45, 2.75) is 0 Å². The van der Waals surface area contributed by atoms with Crippen LogP contribution in [0.4, 0.5) is 0 Å². The lowest BCUT2D eigenvalue weighted by Gasteiger charge is -2.19. The second-order valence-electron chi connectivity index (χ2n) is 7.25. The predicted octanol–water partition coefficient (Wildman–Crippen LogP) is 6.50. The number of phenolic OH excluding ortho intramolecular Hbond substituents is 1. The Bertz CT molecular complexity index is 1110. The first kappa shape index (κ1) is 21.6. The summed E-state index contributed by atoms with van der Waals surface area (Å²) in [6.07, 6.45) is 0. The fourth-order valence-electron chi connectivity index (χ4n) is 3.46. The minimum absolute atomic E-state index is 0.310. The zero-order valence-corrected chi connectivity index (χ0v) is 18.6. The molecular weight excluding hydrogens is 407 g/mol. The highest BCUT2D eigenvalue weighted by molar-refractivity contribution is 7.79. The number of hydrogen-bond donors (Lipinski definition) is 1. The summed E-state index contributed by atoms with van der Waals surface area (Å²) in [6.45, 7) is 0. The minimum atomic E-state index is -0.569. The molecule has 0 bridgehead atoms. The normalized spacial score (nSPS) is 10.3. The van der Waals surface area contributed by atoms with Gasteiger partial charge in [-0.05, 0) is 47.1 Å². The third-order valence-corrected chi connectivity index (χ3v) is 7.46. The Labute approximate surface area is 191 Å². The van der Waals surface area contributed by atoms with Gasteiger partial charge in [0.25, 0.3) is 0 Å². The van der Waals surface area contributed by atoms with Gasteiger partial charge >= 0.3 is 0 Å². The Balaban J connectivity index is 0.000000174. The number of rotatable bonds is 4. The van der Waals surface area contributed by atoms with Gasteiger partial charge in [0.15, 0.2) is 0 Å². The van der Waals surface area contributed by atoms with Gasteiger partial charge in [-0.3, -0.25) is 0 Å². The highest BCUT2D eigenvalue weighted by atomic mass is 31.1. The molecule has 32 heavy (non-hydrogen) atoms. The van der Waals surface area contributed by atoms with Crippen LogP contribution in [0, 0.1) is 0 Å². The first-order valence-electron chi connectivity index (χ1n) is 10.6. The molecule has 0 aliphatic carbocycles. The number of hydrogen-bond acceptors (Lipinski definition) is 1. The molecule has 0 aliphatic rings. The van der Waals surface area contributed by atoms with Crippen molar-refractivity contribution in [1.29, 1.82) is 0 Å². The van der Waals surface area contributed by atoms with Gasteiger partial charge in [0.2, 0.25) is 0 Å². The standard InChI is InChI=1S/C18H15OP.C12H10/c19-15-11-13-18(14-12-15)20(16-7-3-1-4-8-16)17-9-5-2-6-10-17;1-3-7-11(8-4-1)12-9-5-2-6-10-12/h1-14,19H;1-10H. The van der Waals surface area contributed by atoms with Gasteiger partial charge in [-0.2, -0.15) is 0 Å². The molecule has 0 atom stereocenters. The molecule has 0 aliphatic heterocycles. The molecule has 0 fully saturated rings. The molecule has 0 spiro atoms. The smallest absolute Gasteiger partial charge is 0.115 e. The van der Waals surface area contributed by atoms with Crippen molar-refractivity contribution in [3.8, 4) is 16.9 Å². The van der Waals surface area contributed by atoms with Crippen molar-refractivity contribution in [2.75, 3.05) is 0 Å². The molecule has 1 nitrogen and oxygen atoms in total. The monoisotopic (exact) mass is 432 g/mol. The number of benzene rings is 5. The van der Waals surface area contributed by atoms with Crippen LogP contribution in [0.5, 0.6) is 5.75 Å². The van der Waals surface area contributed by atoms with E-state index in [9.17, 15) is 5.11 Å². The van der Waals surface area contributed by atoms with E-state index in [1.54, 1.807) is 12.1 Å². The largest absolute Gasteiger partial charge is 0.508 e. The molecule has 0 radical (unpaired) electrons. The molecular formula is C30H25OP. The van der Waals surface area contributed by atoms with Gasteiger partial charge in [-0.15, -0.1) is 0 Å². The summed E-state index contributed by atoms with van der Waals surface area (Å²) in [5.74, 6) is 0.310. The fourth-order valence-corrected chi connectivity index (χ4v) is 5.75. The highest BCUT2D eigenvalue weighted by Crippen LogP contribution is 2.32. The van der Waals surface area contributed by atoms with Crippen LogP contribution < -0.4 is 15.9 Å². The average Bonchev–Trinajstić information content (AvgIpc) is 2.88. The van der Waals surface area contributed by atoms with Gasteiger partial charge in [-0.25, -0.2) is 0 Å². The molecule has 5 aromatic carbocycles. The Kier molecular flexibility index (Phi) is 7.47. The lowest BCUT2D eigenvalue weighted by atomic mass is 10.1. The maximum atomic E-state index is 9.49. The molecule has 0 aromatic heterocycles. The van der Waals surface area contributed by atoms with E-state index < -0.39 is 7.92 Å². The molecule has 156 valence electrons. The molecule has 1 N–H and O–H groups in total. The maximum Gasteiger partial charge on any atom is 0.115 e. The van der Waals surface area contributed by atoms with E-state index in [0.29, 0.717) is 5.75 Å². The van der Waals surface area contributed by atoms with Crippen LogP contribution in [-0.4, -0.2) is 5.11 Å². The van der Waals surface area contributed by atoms with Crippen LogP contribution in [0.2, 0.25) is 0 Å². The molecule has 2 heteroatoms. The molecule has 0 saturated heterocycles. The van der Waals surface area contributed by atoms with E-state index in [0.717, 1.165) is 0 Å². The summed E-state index contributed by atoms with van der Waals surface area (Å²) in [4.78, 5) is 0. The topological polar surface area (TPSA) is 20.2 Å². The highest BCUT2D eigenvalue weighted by Gasteiger charge is 2.15. The van der Waals surface area contributed by atoms with E-state index >= 15 is 0 Å². The Morgan fingerprint density at radius 2 is 0.656 bits per heavy atom. The van der Waals surface area contributed by atoms with Crippen molar-refractivity contribution >= 4 is 23.8 Å². The van der Waals surface area contributed by atoms with E-state index in [-0.39, 0.29) is 0 Å². The lowest BCUT2D eigenvalue weighted by molar-refractivity contribution is 0.475. The van der Waals surface area contributed by atoms with Crippen molar-refractivity contribution in [2.24, 2.45) is 0 Å². The SMILES string of the molecule is Oc1ccc(P(c2ccccc2)c2ccccc2)cc1.c1ccc(-c2ccccc2)cc1. The lowest BCUT2D eigenvalue weighted by Crippen LogP contribution is -2.20. The Hall–Kier alpha value is -3.67. The van der Waals surface area contributed by atoms with E-state index in [1.165, 1.54) is 27.0 Å². The third-order valence-electron chi connectivity index (χ3n) is 5.02. The van der Waals surface area contributed by atoms with Gasteiger partial charge < -0.3 is 5.11 Å². The molecule has 0 heterocycles. The molecule has 5 aromatic rings. The molecule has 0 saturated carbocycles. The molecule has 5 rings (SSSR count). The summed E-state index contributed by atoms with van der Waals surface area (Å²) < 4.78 is 0. The van der Waals surface area contributed by atoms with Crippen molar-refractivity contribution in [3.05, 3.63) is 146 Å². The quantitative estimate of drug-likeness (QED) is 0.321. The van der Waals surface area contributed by atoms with Crippen LogP contribution >= 0.6 is 7.92 Å². The summed E-state index contributed by atoms with van der Waals surface area (Å²) in [5.41, 5.74) is 2.55. The van der Waals surface area contributed by atoms with Crippen molar-refractivity contribution in [1.82, 2.24) is 0 Å². The Morgan fingerprint density at radius 3 is 1.03 bits per heavy atom. The number of phenols is 1. The van der Waals surface area contributed by atoms with E-state index in [2.05, 4.69) is 97.1 Å². The summed E-state index contributed by atoms with van der Waals surface area (Å²) in [6, 6.07) is 49.4. The predicted molar refractivity (Wildman–Crippen MR) is 139 cm³/mol. The van der Waals surface area contributed by atoms with Crippen LogP contribution in [0.3, 0.4) is 0 Å². The van der Waals surface area contributed by atoms with Crippen LogP contribution in [0.15, 0.2) is 146 Å². The minimum Gasteiger partial charge on any atom is -0.508 e. The van der Waals surface area contributed by atoms with E-state index in [1.807, 2.05) is 36.4 Å². The second-order valence-corrected chi connectivity index (χ2v) is 9.47. The van der Waals surface area contributed by atoms with Gasteiger partial charge in [-0.1, -0.05) is 133 Å².